The van der Waals surface area contributed by atoms with Gasteiger partial charge in [-0.15, -0.1) is 5.10 Å². The first-order chi connectivity index (χ1) is 14.0. The average molecular weight is 414 g/mol. The van der Waals surface area contributed by atoms with E-state index in [0.717, 1.165) is 48.8 Å². The van der Waals surface area contributed by atoms with E-state index in [1.165, 1.54) is 0 Å². The minimum absolute atomic E-state index is 0.282. The lowest BCUT2D eigenvalue weighted by Crippen LogP contribution is -2.39. The predicted octanol–water partition coefficient (Wildman–Crippen LogP) is 3.09. The van der Waals surface area contributed by atoms with Crippen LogP contribution in [0.2, 0.25) is 5.02 Å². The molecule has 2 N–H and O–H groups in total. The van der Waals surface area contributed by atoms with Crippen LogP contribution in [0.25, 0.3) is 0 Å². The first-order valence-electron chi connectivity index (χ1n) is 9.59. The van der Waals surface area contributed by atoms with Crippen molar-refractivity contribution in [2.75, 3.05) is 28.6 Å². The number of hydrogen-bond donors (Lipinski definition) is 2. The van der Waals surface area contributed by atoms with Crippen molar-refractivity contribution in [1.82, 2.24) is 29.9 Å². The van der Waals surface area contributed by atoms with Gasteiger partial charge >= 0.3 is 0 Å². The van der Waals surface area contributed by atoms with Crippen LogP contribution in [0.1, 0.15) is 24.2 Å². The van der Waals surface area contributed by atoms with Gasteiger partial charge in [0.25, 0.3) is 0 Å². The minimum Gasteiger partial charge on any atom is -0.366 e. The van der Waals surface area contributed by atoms with Crippen molar-refractivity contribution in [2.24, 2.45) is 7.05 Å². The quantitative estimate of drug-likeness (QED) is 0.658. The zero-order valence-corrected chi connectivity index (χ0v) is 17.5. The molecule has 3 aromatic rings. The highest BCUT2D eigenvalue weighted by molar-refractivity contribution is 6.32. The third-order valence-electron chi connectivity index (χ3n) is 4.95. The lowest BCUT2D eigenvalue weighted by atomic mass is 10.1. The minimum atomic E-state index is 0.282. The van der Waals surface area contributed by atoms with Gasteiger partial charge in [-0.25, -0.2) is 4.98 Å². The molecule has 1 aliphatic rings. The average Bonchev–Trinajstić information content (AvgIpc) is 3.02. The summed E-state index contributed by atoms with van der Waals surface area (Å²) in [5, 5.41) is 19.9. The van der Waals surface area contributed by atoms with E-state index in [1.54, 1.807) is 10.9 Å². The fourth-order valence-corrected chi connectivity index (χ4v) is 3.52. The molecule has 29 heavy (non-hydrogen) atoms. The maximum absolute atomic E-state index is 6.33. The van der Waals surface area contributed by atoms with E-state index < -0.39 is 0 Å². The molecule has 0 unspecified atom stereocenters. The van der Waals surface area contributed by atoms with E-state index in [0.29, 0.717) is 16.8 Å². The molecule has 152 valence electrons. The molecule has 3 aromatic heterocycles. The first-order valence-corrected chi connectivity index (χ1v) is 9.97. The Kier molecular flexibility index (Phi) is 5.48. The van der Waals surface area contributed by atoms with Crippen LogP contribution in [0.15, 0.2) is 24.5 Å². The fraction of sp³-hybridized carbons (Fsp3) is 0.421. The van der Waals surface area contributed by atoms with E-state index in [-0.39, 0.29) is 6.04 Å². The molecule has 4 heterocycles. The van der Waals surface area contributed by atoms with Crippen LogP contribution in [-0.2, 0) is 7.05 Å². The van der Waals surface area contributed by atoms with Crippen molar-refractivity contribution in [2.45, 2.75) is 32.7 Å². The predicted molar refractivity (Wildman–Crippen MR) is 114 cm³/mol. The SMILES string of the molecule is Cc1ccc(N2CCC(Nc3nc(Nc4cn(C)nc4C)ncc3Cl)CC2)nn1. The molecule has 0 atom stereocenters. The van der Waals surface area contributed by atoms with Crippen molar-refractivity contribution in [3.8, 4) is 0 Å². The second-order valence-electron chi connectivity index (χ2n) is 7.26. The molecule has 10 heteroatoms. The molecule has 9 nitrogen and oxygen atoms in total. The molecular formula is C19H24ClN9. The van der Waals surface area contributed by atoms with Gasteiger partial charge in [0, 0.05) is 32.4 Å². The van der Waals surface area contributed by atoms with Gasteiger partial charge in [-0.1, -0.05) is 11.6 Å². The lowest BCUT2D eigenvalue weighted by Gasteiger charge is -2.33. The van der Waals surface area contributed by atoms with Crippen LogP contribution in [0.5, 0.6) is 0 Å². The zero-order chi connectivity index (χ0) is 20.4. The molecular weight excluding hydrogens is 390 g/mol. The molecule has 0 bridgehead atoms. The number of anilines is 4. The monoisotopic (exact) mass is 413 g/mol. The number of rotatable bonds is 5. The Morgan fingerprint density at radius 3 is 2.59 bits per heavy atom. The van der Waals surface area contributed by atoms with Crippen LogP contribution in [0, 0.1) is 13.8 Å². The summed E-state index contributed by atoms with van der Waals surface area (Å²) < 4.78 is 1.75. The molecule has 1 saturated heterocycles. The molecule has 0 aliphatic carbocycles. The van der Waals surface area contributed by atoms with Gasteiger partial charge in [0.15, 0.2) is 11.6 Å². The Bertz CT molecular complexity index is 978. The first kappa shape index (κ1) is 19.4. The topological polar surface area (TPSA) is 96.7 Å². The number of piperidine rings is 1. The largest absolute Gasteiger partial charge is 0.366 e. The molecule has 0 spiro atoms. The zero-order valence-electron chi connectivity index (χ0n) is 16.7. The van der Waals surface area contributed by atoms with E-state index in [9.17, 15) is 0 Å². The van der Waals surface area contributed by atoms with Crippen LogP contribution >= 0.6 is 11.6 Å². The number of aromatic nitrogens is 6. The highest BCUT2D eigenvalue weighted by Gasteiger charge is 2.21. The van der Waals surface area contributed by atoms with Crippen LogP contribution in [0.3, 0.4) is 0 Å². The molecule has 0 aromatic carbocycles. The lowest BCUT2D eigenvalue weighted by molar-refractivity contribution is 0.521. The van der Waals surface area contributed by atoms with E-state index >= 15 is 0 Å². The van der Waals surface area contributed by atoms with E-state index in [1.807, 2.05) is 39.2 Å². The number of nitrogens with zero attached hydrogens (tertiary/aromatic N) is 7. The Morgan fingerprint density at radius 1 is 1.14 bits per heavy atom. The Labute approximate surface area is 174 Å². The molecule has 4 rings (SSSR count). The normalized spacial score (nSPS) is 14.8. The second kappa shape index (κ2) is 8.20. The number of halogens is 1. The van der Waals surface area contributed by atoms with Gasteiger partial charge in [0.05, 0.1) is 23.3 Å². The molecule has 0 radical (unpaired) electrons. The highest BCUT2D eigenvalue weighted by atomic mass is 35.5. The summed E-state index contributed by atoms with van der Waals surface area (Å²) in [6, 6.07) is 4.30. The van der Waals surface area contributed by atoms with Gasteiger partial charge in [0.2, 0.25) is 5.95 Å². The number of hydrogen-bond acceptors (Lipinski definition) is 8. The number of nitrogens with one attached hydrogen (secondary N) is 2. The molecule has 0 amide bonds. The van der Waals surface area contributed by atoms with E-state index in [2.05, 4.69) is 40.8 Å². The highest BCUT2D eigenvalue weighted by Crippen LogP contribution is 2.25. The molecule has 1 fully saturated rings. The summed E-state index contributed by atoms with van der Waals surface area (Å²) in [6.07, 6.45) is 5.42. The van der Waals surface area contributed by atoms with Crippen molar-refractivity contribution in [3.05, 3.63) is 40.9 Å². The smallest absolute Gasteiger partial charge is 0.229 e. The van der Waals surface area contributed by atoms with Gasteiger partial charge < -0.3 is 15.5 Å². The van der Waals surface area contributed by atoms with Crippen molar-refractivity contribution >= 4 is 34.9 Å². The Hall–Kier alpha value is -2.94. The molecule has 0 saturated carbocycles. The second-order valence-corrected chi connectivity index (χ2v) is 7.66. The Balaban J connectivity index is 1.39. The van der Waals surface area contributed by atoms with E-state index in [4.69, 9.17) is 11.6 Å². The summed E-state index contributed by atoms with van der Waals surface area (Å²) in [5.74, 6) is 2.05. The maximum Gasteiger partial charge on any atom is 0.229 e. The van der Waals surface area contributed by atoms with Gasteiger partial charge in [-0.3, -0.25) is 4.68 Å². The van der Waals surface area contributed by atoms with Gasteiger partial charge in [0.1, 0.15) is 5.02 Å². The summed E-state index contributed by atoms with van der Waals surface area (Å²) in [6.45, 7) is 5.68. The summed E-state index contributed by atoms with van der Waals surface area (Å²) in [5.41, 5.74) is 2.68. The fourth-order valence-electron chi connectivity index (χ4n) is 3.38. The standard InChI is InChI=1S/C19H24ClN9/c1-12-4-5-17(26-25-12)29-8-6-14(7-9-29)22-18-15(20)10-21-19(24-18)23-16-11-28(3)27-13(16)2/h4-5,10-11,14H,6-9H2,1-3H3,(H2,21,22,23,24). The third kappa shape index (κ3) is 4.56. The van der Waals surface area contributed by atoms with Crippen LogP contribution in [0.4, 0.5) is 23.3 Å². The summed E-state index contributed by atoms with van der Waals surface area (Å²) in [7, 11) is 1.88. The van der Waals surface area contributed by atoms with Crippen LogP contribution < -0.4 is 15.5 Å². The third-order valence-corrected chi connectivity index (χ3v) is 5.22. The van der Waals surface area contributed by atoms with Crippen molar-refractivity contribution in [3.63, 3.8) is 0 Å². The van der Waals surface area contributed by atoms with Crippen LogP contribution in [-0.4, -0.2) is 49.1 Å². The van der Waals surface area contributed by atoms with Gasteiger partial charge in [-0.2, -0.15) is 15.2 Å². The molecule has 1 aliphatic heterocycles. The van der Waals surface area contributed by atoms with Crippen molar-refractivity contribution < 1.29 is 0 Å². The summed E-state index contributed by atoms with van der Waals surface area (Å²) in [4.78, 5) is 11.1. The van der Waals surface area contributed by atoms with Gasteiger partial charge in [-0.05, 0) is 38.8 Å². The summed E-state index contributed by atoms with van der Waals surface area (Å²) >= 11 is 6.33. The maximum atomic E-state index is 6.33. The van der Waals surface area contributed by atoms with Crippen molar-refractivity contribution in [1.29, 1.82) is 0 Å². The number of aryl methyl sites for hydroxylation is 3. The Morgan fingerprint density at radius 2 is 1.93 bits per heavy atom.